The Hall–Kier alpha value is -1.71. The van der Waals surface area contributed by atoms with E-state index >= 15 is 0 Å². The van der Waals surface area contributed by atoms with Crippen molar-refractivity contribution in [2.75, 3.05) is 12.1 Å². The van der Waals surface area contributed by atoms with Crippen LogP contribution in [0.1, 0.15) is 29.9 Å². The molecule has 0 aromatic heterocycles. The summed E-state index contributed by atoms with van der Waals surface area (Å²) < 4.78 is 6.09. The molecule has 0 saturated heterocycles. The highest BCUT2D eigenvalue weighted by molar-refractivity contribution is 6.31. The van der Waals surface area contributed by atoms with E-state index in [1.54, 1.807) is 5.01 Å². The molecule has 2 N–H and O–H groups in total. The monoisotopic (exact) mass is 302 g/mol. The molecule has 2 aromatic rings. The fourth-order valence-electron chi connectivity index (χ4n) is 2.46. The summed E-state index contributed by atoms with van der Waals surface area (Å²) in [7, 11) is 1.83. The summed E-state index contributed by atoms with van der Waals surface area (Å²) in [4.78, 5) is 0. The third-order valence-corrected chi connectivity index (χ3v) is 4.12. The standard InChI is InChI=1S/C17H19ClN2O/c1-20(19)16-8-4-6-14(12-9-10-12)17(16)21-11-13-5-2-3-7-15(13)18/h2-8,12H,9-11,19H2,1H3. The fourth-order valence-corrected chi connectivity index (χ4v) is 2.65. The van der Waals surface area contributed by atoms with Crippen molar-refractivity contribution in [1.82, 2.24) is 0 Å². The van der Waals surface area contributed by atoms with Crippen molar-refractivity contribution in [2.24, 2.45) is 5.84 Å². The summed E-state index contributed by atoms with van der Waals surface area (Å²) in [5.41, 5.74) is 3.14. The van der Waals surface area contributed by atoms with E-state index in [1.807, 2.05) is 43.4 Å². The lowest BCUT2D eigenvalue weighted by molar-refractivity contribution is 0.303. The maximum Gasteiger partial charge on any atom is 0.147 e. The number of rotatable bonds is 5. The van der Waals surface area contributed by atoms with Gasteiger partial charge in [0.25, 0.3) is 0 Å². The molecule has 4 heteroatoms. The number of nitrogens with two attached hydrogens (primary N) is 1. The van der Waals surface area contributed by atoms with Crippen LogP contribution in [0, 0.1) is 0 Å². The van der Waals surface area contributed by atoms with Crippen molar-refractivity contribution in [1.29, 1.82) is 0 Å². The third-order valence-electron chi connectivity index (χ3n) is 3.75. The van der Waals surface area contributed by atoms with E-state index in [0.29, 0.717) is 12.5 Å². The summed E-state index contributed by atoms with van der Waals surface area (Å²) in [5, 5.41) is 2.33. The number of benzene rings is 2. The van der Waals surface area contributed by atoms with Gasteiger partial charge < -0.3 is 9.75 Å². The van der Waals surface area contributed by atoms with Crippen LogP contribution in [0.25, 0.3) is 0 Å². The largest absolute Gasteiger partial charge is 0.486 e. The topological polar surface area (TPSA) is 38.5 Å². The molecule has 3 rings (SSSR count). The Morgan fingerprint density at radius 2 is 1.95 bits per heavy atom. The summed E-state index contributed by atoms with van der Waals surface area (Å²) in [6.45, 7) is 0.449. The maximum atomic E-state index is 6.19. The second-order valence-corrected chi connectivity index (χ2v) is 5.87. The van der Waals surface area contributed by atoms with E-state index in [4.69, 9.17) is 22.2 Å². The first kappa shape index (κ1) is 14.2. The van der Waals surface area contributed by atoms with Crippen molar-refractivity contribution in [3.63, 3.8) is 0 Å². The van der Waals surface area contributed by atoms with Gasteiger partial charge >= 0.3 is 0 Å². The Bertz CT molecular complexity index is 618. The Labute approximate surface area is 130 Å². The van der Waals surface area contributed by atoms with Gasteiger partial charge in [0.1, 0.15) is 12.4 Å². The van der Waals surface area contributed by atoms with Gasteiger partial charge in [0.05, 0.1) is 5.69 Å². The molecule has 2 aromatic carbocycles. The Morgan fingerprint density at radius 1 is 1.19 bits per heavy atom. The minimum Gasteiger partial charge on any atom is -0.486 e. The van der Waals surface area contributed by atoms with E-state index in [2.05, 4.69) is 6.07 Å². The van der Waals surface area contributed by atoms with E-state index < -0.39 is 0 Å². The SMILES string of the molecule is CN(N)c1cccc(C2CC2)c1OCc1ccccc1Cl. The predicted molar refractivity (Wildman–Crippen MR) is 86.8 cm³/mol. The van der Waals surface area contributed by atoms with E-state index in [-0.39, 0.29) is 0 Å². The molecule has 3 nitrogen and oxygen atoms in total. The molecule has 0 aliphatic heterocycles. The molecule has 1 aliphatic rings. The number of hydrazine groups is 1. The van der Waals surface area contributed by atoms with Crippen LogP contribution >= 0.6 is 11.6 Å². The first-order valence-corrected chi connectivity index (χ1v) is 7.52. The highest BCUT2D eigenvalue weighted by atomic mass is 35.5. The van der Waals surface area contributed by atoms with Crippen molar-refractivity contribution in [3.8, 4) is 5.75 Å². The van der Waals surface area contributed by atoms with Gasteiger partial charge in [-0.3, -0.25) is 0 Å². The molecular formula is C17H19ClN2O. The zero-order chi connectivity index (χ0) is 14.8. The lowest BCUT2D eigenvalue weighted by Gasteiger charge is -2.20. The number of ether oxygens (including phenoxy) is 1. The molecule has 0 atom stereocenters. The van der Waals surface area contributed by atoms with Gasteiger partial charge in [-0.05, 0) is 36.5 Å². The van der Waals surface area contributed by atoms with Crippen LogP contribution in [0.15, 0.2) is 42.5 Å². The molecular weight excluding hydrogens is 284 g/mol. The Balaban J connectivity index is 1.88. The number of hydrogen-bond acceptors (Lipinski definition) is 3. The van der Waals surface area contributed by atoms with Crippen LogP contribution in [-0.2, 0) is 6.61 Å². The third kappa shape index (κ3) is 3.14. The molecule has 21 heavy (non-hydrogen) atoms. The lowest BCUT2D eigenvalue weighted by atomic mass is 10.1. The molecule has 1 aliphatic carbocycles. The fraction of sp³-hybridized carbons (Fsp3) is 0.294. The van der Waals surface area contributed by atoms with Gasteiger partial charge in [-0.15, -0.1) is 0 Å². The molecule has 110 valence electrons. The summed E-state index contributed by atoms with van der Waals surface area (Å²) >= 11 is 6.19. The number of nitrogens with zero attached hydrogens (tertiary/aromatic N) is 1. The second kappa shape index (κ2) is 5.96. The van der Waals surface area contributed by atoms with Crippen LogP contribution < -0.4 is 15.6 Å². The van der Waals surface area contributed by atoms with Gasteiger partial charge in [0, 0.05) is 17.6 Å². The zero-order valence-electron chi connectivity index (χ0n) is 12.1. The Kier molecular flexibility index (Phi) is 4.04. The van der Waals surface area contributed by atoms with Crippen LogP contribution in [0.5, 0.6) is 5.75 Å². The number of halogens is 1. The lowest BCUT2D eigenvalue weighted by Crippen LogP contribution is -2.26. The van der Waals surface area contributed by atoms with E-state index in [1.165, 1.54) is 18.4 Å². The first-order valence-electron chi connectivity index (χ1n) is 7.14. The first-order chi connectivity index (χ1) is 10.2. The number of para-hydroxylation sites is 1. The molecule has 0 radical (unpaired) electrons. The van der Waals surface area contributed by atoms with Crippen LogP contribution in [0.3, 0.4) is 0 Å². The van der Waals surface area contributed by atoms with Gasteiger partial charge in [-0.1, -0.05) is 41.9 Å². The van der Waals surface area contributed by atoms with Crippen molar-refractivity contribution < 1.29 is 4.74 Å². The second-order valence-electron chi connectivity index (χ2n) is 5.46. The normalized spacial score (nSPS) is 14.0. The van der Waals surface area contributed by atoms with Gasteiger partial charge in [-0.25, -0.2) is 5.84 Å². The van der Waals surface area contributed by atoms with Crippen molar-refractivity contribution in [2.45, 2.75) is 25.4 Å². The molecule has 1 fully saturated rings. The highest BCUT2D eigenvalue weighted by Gasteiger charge is 2.28. The number of anilines is 1. The molecule has 1 saturated carbocycles. The average molecular weight is 303 g/mol. The van der Waals surface area contributed by atoms with E-state index in [0.717, 1.165) is 22.0 Å². The van der Waals surface area contributed by atoms with Crippen LogP contribution in [0.2, 0.25) is 5.02 Å². The molecule has 0 heterocycles. The molecule has 0 bridgehead atoms. The maximum absolute atomic E-state index is 6.19. The molecule has 0 unspecified atom stereocenters. The summed E-state index contributed by atoms with van der Waals surface area (Å²) in [5.74, 6) is 7.41. The number of hydrogen-bond donors (Lipinski definition) is 1. The van der Waals surface area contributed by atoms with Gasteiger partial charge in [0.2, 0.25) is 0 Å². The highest BCUT2D eigenvalue weighted by Crippen LogP contribution is 2.47. The minimum absolute atomic E-state index is 0.449. The van der Waals surface area contributed by atoms with Gasteiger partial charge in [-0.2, -0.15) is 0 Å². The smallest absolute Gasteiger partial charge is 0.147 e. The summed E-state index contributed by atoms with van der Waals surface area (Å²) in [6, 6.07) is 13.9. The van der Waals surface area contributed by atoms with Crippen molar-refractivity contribution >= 4 is 17.3 Å². The zero-order valence-corrected chi connectivity index (χ0v) is 12.8. The van der Waals surface area contributed by atoms with Crippen molar-refractivity contribution in [3.05, 3.63) is 58.6 Å². The summed E-state index contributed by atoms with van der Waals surface area (Å²) in [6.07, 6.45) is 2.44. The van der Waals surface area contributed by atoms with Crippen LogP contribution in [-0.4, -0.2) is 7.05 Å². The van der Waals surface area contributed by atoms with E-state index in [9.17, 15) is 0 Å². The molecule has 0 spiro atoms. The minimum atomic E-state index is 0.449. The predicted octanol–water partition coefficient (Wildman–Crippen LogP) is 4.11. The Morgan fingerprint density at radius 3 is 2.62 bits per heavy atom. The van der Waals surface area contributed by atoms with Crippen LogP contribution in [0.4, 0.5) is 5.69 Å². The van der Waals surface area contributed by atoms with Gasteiger partial charge in [0.15, 0.2) is 0 Å². The molecule has 0 amide bonds. The average Bonchev–Trinajstić information content (AvgIpc) is 3.30. The quantitative estimate of drug-likeness (QED) is 0.667.